The normalized spacial score (nSPS) is 11.6. The largest absolute Gasteiger partial charge is 0.490 e. The van der Waals surface area contributed by atoms with Crippen LogP contribution in [0.3, 0.4) is 0 Å². The first-order valence-electron chi connectivity index (χ1n) is 48.2. The quantitative estimate of drug-likeness (QED) is 0.0356. The van der Waals surface area contributed by atoms with Crippen molar-refractivity contribution in [3.8, 4) is 57.0 Å². The number of pyridine rings is 2. The number of nitrogens with zero attached hydrogens (tertiary/aromatic N) is 2. The number of halogens is 2. The molecule has 0 amide bonds. The van der Waals surface area contributed by atoms with Gasteiger partial charge in [0.15, 0.2) is 23.0 Å². The van der Waals surface area contributed by atoms with E-state index in [2.05, 4.69) is 78.0 Å². The van der Waals surface area contributed by atoms with Crippen LogP contribution in [0.2, 0.25) is 0 Å². The Morgan fingerprint density at radius 2 is 0.412 bits per heavy atom. The Labute approximate surface area is 697 Å². The van der Waals surface area contributed by atoms with Gasteiger partial charge in [-0.25, -0.2) is 8.78 Å². The van der Waals surface area contributed by atoms with E-state index < -0.39 is 11.6 Å². The Balaban J connectivity index is 1.34. The lowest BCUT2D eigenvalue weighted by Crippen LogP contribution is -2.07. The van der Waals surface area contributed by atoms with Gasteiger partial charge in [-0.15, -0.1) is 0 Å². The third-order valence-electron chi connectivity index (χ3n) is 22.7. The van der Waals surface area contributed by atoms with Gasteiger partial charge in [-0.2, -0.15) is 0 Å². The average molecular weight is 1580 g/mol. The van der Waals surface area contributed by atoms with Crippen LogP contribution in [0.5, 0.6) is 34.5 Å². The molecule has 0 aliphatic heterocycles. The Morgan fingerprint density at radius 3 is 0.614 bits per heavy atom. The molecule has 3 aromatic carbocycles. The monoisotopic (exact) mass is 1580 g/mol. The summed E-state index contributed by atoms with van der Waals surface area (Å²) < 4.78 is 72.4. The molecule has 8 nitrogen and oxygen atoms in total. The summed E-state index contributed by atoms with van der Waals surface area (Å²) in [5.74, 6) is 2.92. The third-order valence-corrected chi connectivity index (χ3v) is 22.7. The maximum atomic E-state index is 16.0. The topological polar surface area (TPSA) is 81.2 Å². The van der Waals surface area contributed by atoms with E-state index in [4.69, 9.17) is 38.4 Å². The van der Waals surface area contributed by atoms with Crippen molar-refractivity contribution in [1.29, 1.82) is 0 Å². The van der Waals surface area contributed by atoms with Crippen LogP contribution in [0.1, 0.15) is 449 Å². The molecule has 0 bridgehead atoms. The number of rotatable bonds is 78. The van der Waals surface area contributed by atoms with Crippen LogP contribution in [0.15, 0.2) is 73.1 Å². The van der Waals surface area contributed by atoms with Gasteiger partial charge in [-0.05, 0) is 103 Å². The van der Waals surface area contributed by atoms with Gasteiger partial charge in [0.25, 0.3) is 0 Å². The maximum Gasteiger partial charge on any atom is 0.203 e. The van der Waals surface area contributed by atoms with E-state index in [1.165, 1.54) is 314 Å². The summed E-state index contributed by atoms with van der Waals surface area (Å²) in [7, 11) is 0. The van der Waals surface area contributed by atoms with Gasteiger partial charge in [0.1, 0.15) is 11.6 Å². The lowest BCUT2D eigenvalue weighted by molar-refractivity contribution is 0.234. The van der Waals surface area contributed by atoms with Crippen LogP contribution in [-0.4, -0.2) is 49.6 Å². The smallest absolute Gasteiger partial charge is 0.203 e. The molecular weight excluding hydrogens is 1410 g/mol. The van der Waals surface area contributed by atoms with Crippen molar-refractivity contribution in [2.24, 2.45) is 0 Å². The van der Waals surface area contributed by atoms with E-state index >= 15 is 8.78 Å². The molecule has 114 heavy (non-hydrogen) atoms. The summed E-state index contributed by atoms with van der Waals surface area (Å²) in [5, 5.41) is 0. The first-order valence-corrected chi connectivity index (χ1v) is 48.2. The molecule has 0 saturated heterocycles. The molecule has 10 heteroatoms. The predicted molar refractivity (Wildman–Crippen MR) is 488 cm³/mol. The molecule has 5 rings (SSSR count). The van der Waals surface area contributed by atoms with Gasteiger partial charge in [0, 0.05) is 29.6 Å². The van der Waals surface area contributed by atoms with Crippen molar-refractivity contribution >= 4 is 24.3 Å². The highest BCUT2D eigenvalue weighted by Crippen LogP contribution is 2.43. The average Bonchev–Trinajstić information content (AvgIpc) is 0.541. The molecule has 0 atom stereocenters. The molecule has 0 aliphatic carbocycles. The number of hydrogen-bond acceptors (Lipinski definition) is 8. The molecule has 2 heterocycles. The summed E-state index contributed by atoms with van der Waals surface area (Å²) in [4.78, 5) is 9.55. The predicted octanol–water partition coefficient (Wildman–Crippen LogP) is 34.2. The van der Waals surface area contributed by atoms with Gasteiger partial charge < -0.3 is 28.4 Å². The minimum absolute atomic E-state index is 0.197. The molecule has 0 N–H and O–H groups in total. The molecule has 642 valence electrons. The standard InChI is InChI=1S/C104H166F2N2O6/c1-7-13-19-25-31-37-43-49-55-61-75-109-99-81-91(82-100(110-76-62-56-50-44-38-32-26-20-14-8-2)103(99)113-79-65-59-53-47-41-35-29-23-17-11-5)69-67-89-71-73-97(107-87-89)93-85-94(96(106)86-95(93)105)98-74-72-90(88-108-98)68-70-92-83-101(111-77-63-57-51-45-39-33-27-21-15-9-3)104(114-80-66-60-54-48-42-36-30-24-18-12-6)102(84-92)112-78-64-58-52-46-40-34-28-22-16-10-4/h67-74,81-88H,7-66,75-80H2,1-6H3/b69-67+,70-68+. The minimum Gasteiger partial charge on any atom is -0.490 e. The number of hydrogen-bond donors (Lipinski definition) is 0. The first-order chi connectivity index (χ1) is 56.3. The molecule has 2 aromatic heterocycles. The second-order valence-electron chi connectivity index (χ2n) is 33.3. The van der Waals surface area contributed by atoms with E-state index in [1.54, 1.807) is 24.5 Å². The summed E-state index contributed by atoms with van der Waals surface area (Å²) in [6.07, 6.45) is 87.4. The maximum absolute atomic E-state index is 16.0. The van der Waals surface area contributed by atoms with Gasteiger partial charge in [0.2, 0.25) is 11.5 Å². The number of aromatic nitrogens is 2. The van der Waals surface area contributed by atoms with E-state index in [-0.39, 0.29) is 11.1 Å². The molecule has 0 saturated carbocycles. The van der Waals surface area contributed by atoms with Crippen molar-refractivity contribution in [1.82, 2.24) is 9.97 Å². The Kier molecular flexibility index (Phi) is 59.8. The summed E-state index contributed by atoms with van der Waals surface area (Å²) in [6, 6.07) is 18.3. The van der Waals surface area contributed by atoms with Crippen LogP contribution in [0.4, 0.5) is 8.78 Å². The van der Waals surface area contributed by atoms with Crippen LogP contribution < -0.4 is 28.4 Å². The van der Waals surface area contributed by atoms with E-state index in [0.29, 0.717) is 62.5 Å². The van der Waals surface area contributed by atoms with Gasteiger partial charge >= 0.3 is 0 Å². The van der Waals surface area contributed by atoms with Crippen LogP contribution in [-0.2, 0) is 0 Å². The Bertz CT molecular complexity index is 2850. The van der Waals surface area contributed by atoms with Crippen molar-refractivity contribution in [2.45, 2.75) is 427 Å². The fourth-order valence-electron chi connectivity index (χ4n) is 15.4. The molecule has 0 aliphatic rings. The third kappa shape index (κ3) is 46.9. The van der Waals surface area contributed by atoms with E-state index in [1.807, 2.05) is 24.3 Å². The summed E-state index contributed by atoms with van der Waals surface area (Å²) in [5.41, 5.74) is 4.72. The van der Waals surface area contributed by atoms with Crippen LogP contribution in [0, 0.1) is 11.6 Å². The lowest BCUT2D eigenvalue weighted by atomic mass is 10.0. The van der Waals surface area contributed by atoms with E-state index in [9.17, 15) is 0 Å². The zero-order valence-electron chi connectivity index (χ0n) is 74.0. The van der Waals surface area contributed by atoms with Crippen molar-refractivity contribution < 1.29 is 37.2 Å². The van der Waals surface area contributed by atoms with E-state index in [0.717, 1.165) is 128 Å². The molecule has 0 fully saturated rings. The van der Waals surface area contributed by atoms with Gasteiger partial charge in [-0.3, -0.25) is 9.97 Å². The Hall–Kier alpha value is -5.90. The molecule has 0 radical (unpaired) electrons. The SMILES string of the molecule is CCCCCCCCCCCCOc1cc(/C=C/c2ccc(-c3cc(-c4ccc(/C=C/c5cc(OCCCCCCCCCCCC)c(OCCCCCCCCCCCC)c(OCCCCCCCCCCCC)c5)cn4)c(F)cc3F)nc2)cc(OCCCCCCCCCCCC)c1OCCCCCCCCCCCC. The van der Waals surface area contributed by atoms with Crippen LogP contribution >= 0.6 is 0 Å². The van der Waals surface area contributed by atoms with Crippen molar-refractivity contribution in [2.75, 3.05) is 39.6 Å². The minimum atomic E-state index is -0.688. The molecule has 0 spiro atoms. The van der Waals surface area contributed by atoms with Crippen molar-refractivity contribution in [3.05, 3.63) is 107 Å². The molecular formula is C104H166F2N2O6. The van der Waals surface area contributed by atoms with Crippen LogP contribution in [0.25, 0.3) is 46.8 Å². The lowest BCUT2D eigenvalue weighted by Gasteiger charge is -2.18. The fourth-order valence-corrected chi connectivity index (χ4v) is 15.4. The second-order valence-corrected chi connectivity index (χ2v) is 33.3. The van der Waals surface area contributed by atoms with Gasteiger partial charge in [-0.1, -0.05) is 425 Å². The second kappa shape index (κ2) is 69.1. The van der Waals surface area contributed by atoms with Gasteiger partial charge in [0.05, 0.1) is 51.0 Å². The molecule has 5 aromatic rings. The van der Waals surface area contributed by atoms with Crippen molar-refractivity contribution in [3.63, 3.8) is 0 Å². The first kappa shape index (κ1) is 98.7. The summed E-state index contributed by atoms with van der Waals surface area (Å²) >= 11 is 0. The summed E-state index contributed by atoms with van der Waals surface area (Å²) in [6.45, 7) is 17.4. The highest BCUT2D eigenvalue weighted by atomic mass is 19.1. The number of benzene rings is 3. The zero-order chi connectivity index (χ0) is 80.9. The highest BCUT2D eigenvalue weighted by Gasteiger charge is 2.20. The zero-order valence-corrected chi connectivity index (χ0v) is 74.0. The highest BCUT2D eigenvalue weighted by molar-refractivity contribution is 5.76. The number of unbranched alkanes of at least 4 members (excludes halogenated alkanes) is 54. The molecule has 0 unspecified atom stereocenters. The Morgan fingerprint density at radius 1 is 0.219 bits per heavy atom. The fraction of sp³-hybridized carbons (Fsp3) is 0.692. The number of ether oxygens (including phenoxy) is 6.